The standard InChI is InChI=1S/C19H22O9/c1-11(23-2)6-26-17(20)12-3-4-15(18(21)27-9-13-7-24-13)16(5-12)19(22)28-10-14-8-25-14/h3-5,11,13-14H,6-10H2,1-2H3. The average Bonchev–Trinajstić information content (AvgIpc) is 3.62. The van der Waals surface area contributed by atoms with E-state index in [1.165, 1.54) is 25.3 Å². The first-order valence-electron chi connectivity index (χ1n) is 8.89. The number of hydrogen-bond acceptors (Lipinski definition) is 9. The lowest BCUT2D eigenvalue weighted by Gasteiger charge is -2.12. The molecule has 9 nitrogen and oxygen atoms in total. The number of esters is 3. The van der Waals surface area contributed by atoms with Gasteiger partial charge in [-0.25, -0.2) is 14.4 Å². The van der Waals surface area contributed by atoms with Crippen LogP contribution in [0.4, 0.5) is 0 Å². The molecule has 2 aliphatic rings. The fraction of sp³-hybridized carbons (Fsp3) is 0.526. The van der Waals surface area contributed by atoms with Crippen molar-refractivity contribution in [2.24, 2.45) is 0 Å². The van der Waals surface area contributed by atoms with E-state index in [0.717, 1.165) is 0 Å². The quantitative estimate of drug-likeness (QED) is 0.326. The highest BCUT2D eigenvalue weighted by Gasteiger charge is 2.29. The molecule has 1 aromatic carbocycles. The Labute approximate surface area is 161 Å². The van der Waals surface area contributed by atoms with E-state index in [1.54, 1.807) is 6.92 Å². The summed E-state index contributed by atoms with van der Waals surface area (Å²) in [6, 6.07) is 4.00. The van der Waals surface area contributed by atoms with Gasteiger partial charge in [0.15, 0.2) is 0 Å². The Kier molecular flexibility index (Phi) is 6.61. The summed E-state index contributed by atoms with van der Waals surface area (Å²) in [7, 11) is 1.50. The van der Waals surface area contributed by atoms with Gasteiger partial charge in [-0.3, -0.25) is 0 Å². The largest absolute Gasteiger partial charge is 0.459 e. The number of hydrogen-bond donors (Lipinski definition) is 0. The maximum atomic E-state index is 12.5. The van der Waals surface area contributed by atoms with Crippen LogP contribution in [0.2, 0.25) is 0 Å². The van der Waals surface area contributed by atoms with Crippen molar-refractivity contribution in [3.05, 3.63) is 34.9 Å². The number of benzene rings is 1. The highest BCUT2D eigenvalue weighted by molar-refractivity contribution is 6.05. The molecule has 2 fully saturated rings. The minimum atomic E-state index is -0.745. The number of rotatable bonds is 10. The average molecular weight is 394 g/mol. The molecule has 3 atom stereocenters. The number of ether oxygens (including phenoxy) is 6. The third kappa shape index (κ3) is 5.75. The second-order valence-corrected chi connectivity index (χ2v) is 6.51. The second kappa shape index (κ2) is 9.13. The molecule has 1 aromatic rings. The van der Waals surface area contributed by atoms with Gasteiger partial charge in [0.1, 0.15) is 32.0 Å². The molecule has 9 heteroatoms. The van der Waals surface area contributed by atoms with E-state index < -0.39 is 17.9 Å². The van der Waals surface area contributed by atoms with Gasteiger partial charge in [-0.1, -0.05) is 0 Å². The highest BCUT2D eigenvalue weighted by Crippen LogP contribution is 2.19. The van der Waals surface area contributed by atoms with Crippen molar-refractivity contribution in [2.45, 2.75) is 25.2 Å². The van der Waals surface area contributed by atoms with Crippen LogP contribution in [0.1, 0.15) is 38.0 Å². The van der Waals surface area contributed by atoms with Crippen molar-refractivity contribution >= 4 is 17.9 Å². The Morgan fingerprint density at radius 3 is 2.07 bits per heavy atom. The molecule has 3 rings (SSSR count). The highest BCUT2D eigenvalue weighted by atomic mass is 16.6. The van der Waals surface area contributed by atoms with E-state index >= 15 is 0 Å². The Bertz CT molecular complexity index is 737. The lowest BCUT2D eigenvalue weighted by molar-refractivity contribution is 0.0169. The van der Waals surface area contributed by atoms with E-state index in [2.05, 4.69) is 0 Å². The third-order valence-electron chi connectivity index (χ3n) is 4.15. The molecule has 2 saturated heterocycles. The van der Waals surface area contributed by atoms with Gasteiger partial charge in [0.2, 0.25) is 0 Å². The topological polar surface area (TPSA) is 113 Å². The van der Waals surface area contributed by atoms with Gasteiger partial charge in [-0.2, -0.15) is 0 Å². The lowest BCUT2D eigenvalue weighted by Crippen LogP contribution is -2.20. The van der Waals surface area contributed by atoms with Crippen LogP contribution in [0, 0.1) is 0 Å². The molecule has 0 radical (unpaired) electrons. The zero-order chi connectivity index (χ0) is 20.1. The fourth-order valence-corrected chi connectivity index (χ4v) is 2.18. The normalized spacial score (nSPS) is 20.8. The van der Waals surface area contributed by atoms with Gasteiger partial charge < -0.3 is 28.4 Å². The molecule has 0 saturated carbocycles. The first kappa shape index (κ1) is 20.2. The van der Waals surface area contributed by atoms with Crippen LogP contribution >= 0.6 is 0 Å². The zero-order valence-electron chi connectivity index (χ0n) is 15.7. The maximum absolute atomic E-state index is 12.5. The molecule has 28 heavy (non-hydrogen) atoms. The van der Waals surface area contributed by atoms with Crippen molar-refractivity contribution in [3.8, 4) is 0 Å². The van der Waals surface area contributed by atoms with Crippen LogP contribution in [0.5, 0.6) is 0 Å². The summed E-state index contributed by atoms with van der Waals surface area (Å²) in [5.41, 5.74) is 0.0424. The minimum absolute atomic E-state index is 0.00387. The zero-order valence-corrected chi connectivity index (χ0v) is 15.7. The van der Waals surface area contributed by atoms with E-state index in [0.29, 0.717) is 13.2 Å². The van der Waals surface area contributed by atoms with E-state index in [4.69, 9.17) is 28.4 Å². The third-order valence-corrected chi connectivity index (χ3v) is 4.15. The Balaban J connectivity index is 1.74. The van der Waals surface area contributed by atoms with Crippen molar-refractivity contribution in [1.82, 2.24) is 0 Å². The van der Waals surface area contributed by atoms with Gasteiger partial charge in [-0.15, -0.1) is 0 Å². The SMILES string of the molecule is COC(C)COC(=O)c1ccc(C(=O)OCC2CO2)c(C(=O)OCC2CO2)c1. The molecular weight excluding hydrogens is 372 g/mol. The van der Waals surface area contributed by atoms with E-state index in [-0.39, 0.29) is 54.8 Å². The first-order valence-corrected chi connectivity index (χ1v) is 8.89. The summed E-state index contributed by atoms with van der Waals surface area (Å²) in [6.07, 6.45) is -0.510. The second-order valence-electron chi connectivity index (χ2n) is 6.51. The van der Waals surface area contributed by atoms with E-state index in [1.807, 2.05) is 0 Å². The summed E-state index contributed by atoms with van der Waals surface area (Å²) in [4.78, 5) is 37.0. The van der Waals surface area contributed by atoms with Gasteiger partial charge in [0.05, 0.1) is 36.0 Å². The fourth-order valence-electron chi connectivity index (χ4n) is 2.18. The molecule has 2 aliphatic heterocycles. The van der Waals surface area contributed by atoms with Gasteiger partial charge in [-0.05, 0) is 25.1 Å². The van der Waals surface area contributed by atoms with E-state index in [9.17, 15) is 14.4 Å². The predicted molar refractivity (Wildman–Crippen MR) is 93.2 cm³/mol. The number of methoxy groups -OCH3 is 1. The van der Waals surface area contributed by atoms with Gasteiger partial charge in [0, 0.05) is 7.11 Å². The molecule has 0 aromatic heterocycles. The molecule has 0 spiro atoms. The van der Waals surface area contributed by atoms with Crippen molar-refractivity contribution in [2.75, 3.05) is 40.1 Å². The Morgan fingerprint density at radius 1 is 0.964 bits per heavy atom. The van der Waals surface area contributed by atoms with Crippen molar-refractivity contribution in [1.29, 1.82) is 0 Å². The summed E-state index contributed by atoms with van der Waals surface area (Å²) in [6.45, 7) is 3.03. The minimum Gasteiger partial charge on any atom is -0.459 e. The van der Waals surface area contributed by atoms with Crippen molar-refractivity contribution < 1.29 is 42.8 Å². The number of carbonyl (C=O) groups is 3. The molecule has 2 heterocycles. The Morgan fingerprint density at radius 2 is 1.54 bits per heavy atom. The molecule has 0 N–H and O–H groups in total. The van der Waals surface area contributed by atoms with Crippen LogP contribution in [0.15, 0.2) is 18.2 Å². The first-order chi connectivity index (χ1) is 13.5. The van der Waals surface area contributed by atoms with Gasteiger partial charge >= 0.3 is 17.9 Å². The molecule has 3 unspecified atom stereocenters. The summed E-state index contributed by atoms with van der Waals surface area (Å²) < 4.78 is 30.5. The molecular formula is C19H22O9. The monoisotopic (exact) mass is 394 g/mol. The number of epoxide rings is 2. The Hall–Kier alpha value is -2.49. The van der Waals surface area contributed by atoms with Crippen LogP contribution < -0.4 is 0 Å². The molecule has 0 bridgehead atoms. The van der Waals surface area contributed by atoms with Crippen molar-refractivity contribution in [3.63, 3.8) is 0 Å². The summed E-state index contributed by atoms with van der Waals surface area (Å²) in [5, 5.41) is 0. The molecule has 0 aliphatic carbocycles. The van der Waals surface area contributed by atoms with Crippen LogP contribution in [0.25, 0.3) is 0 Å². The van der Waals surface area contributed by atoms with Crippen LogP contribution in [0.3, 0.4) is 0 Å². The maximum Gasteiger partial charge on any atom is 0.339 e. The number of carbonyl (C=O) groups excluding carboxylic acids is 3. The van der Waals surface area contributed by atoms with Gasteiger partial charge in [0.25, 0.3) is 0 Å². The molecule has 152 valence electrons. The predicted octanol–water partition coefficient (Wildman–Crippen LogP) is 0.989. The summed E-state index contributed by atoms with van der Waals surface area (Å²) >= 11 is 0. The molecule has 0 amide bonds. The lowest BCUT2D eigenvalue weighted by atomic mass is 10.0. The van der Waals surface area contributed by atoms with Crippen LogP contribution in [-0.2, 0) is 28.4 Å². The smallest absolute Gasteiger partial charge is 0.339 e. The van der Waals surface area contributed by atoms with Crippen LogP contribution in [-0.4, -0.2) is 76.4 Å². The summed E-state index contributed by atoms with van der Waals surface area (Å²) in [5.74, 6) is -2.09.